The molecule has 0 spiro atoms. The van der Waals surface area contributed by atoms with E-state index in [2.05, 4.69) is 31.4 Å². The molecule has 0 bridgehead atoms. The number of nitrogens with zero attached hydrogens (tertiary/aromatic N) is 1. The van der Waals surface area contributed by atoms with Crippen molar-refractivity contribution in [2.45, 2.75) is 6.92 Å². The zero-order valence-corrected chi connectivity index (χ0v) is 11.4. The predicted molar refractivity (Wildman–Crippen MR) is 75.1 cm³/mol. The van der Waals surface area contributed by atoms with Crippen molar-refractivity contribution in [3.8, 4) is 0 Å². The first-order valence-corrected chi connectivity index (χ1v) is 6.19. The summed E-state index contributed by atoms with van der Waals surface area (Å²) in [6.45, 7) is 1.87. The number of nitrogens with one attached hydrogen (secondary N) is 2. The van der Waals surface area contributed by atoms with E-state index >= 15 is 0 Å². The molecule has 92 valence electrons. The summed E-state index contributed by atoms with van der Waals surface area (Å²) in [5, 5.41) is 9.27. The lowest BCUT2D eigenvalue weighted by molar-refractivity contribution is -0.111. The van der Waals surface area contributed by atoms with E-state index in [4.69, 9.17) is 0 Å². The van der Waals surface area contributed by atoms with Gasteiger partial charge in [0.15, 0.2) is 0 Å². The molecule has 0 fully saturated rings. The van der Waals surface area contributed by atoms with Crippen LogP contribution in [0.2, 0.25) is 0 Å². The summed E-state index contributed by atoms with van der Waals surface area (Å²) in [6, 6.07) is 7.72. The molecule has 4 nitrogen and oxygen atoms in total. The van der Waals surface area contributed by atoms with Crippen LogP contribution in [0.15, 0.2) is 41.0 Å². The Balaban J connectivity index is 2.01. The standard InChI is InChI=1S/C13H12BrN3O/c1-9-8-15-17-13(9)16-12(18)6-5-10-3-2-4-11(14)7-10/h2-8H,1H3,(H2,15,16,17,18)/b6-5+. The summed E-state index contributed by atoms with van der Waals surface area (Å²) in [6.07, 6.45) is 4.90. The van der Waals surface area contributed by atoms with Gasteiger partial charge in [0.05, 0.1) is 6.20 Å². The second kappa shape index (κ2) is 5.64. The normalized spacial score (nSPS) is 10.8. The fourth-order valence-corrected chi connectivity index (χ4v) is 1.84. The molecule has 2 rings (SSSR count). The molecular formula is C13H12BrN3O. The largest absolute Gasteiger partial charge is 0.307 e. The second-order valence-electron chi connectivity index (χ2n) is 3.81. The molecule has 2 aromatic rings. The van der Waals surface area contributed by atoms with Gasteiger partial charge < -0.3 is 5.32 Å². The maximum Gasteiger partial charge on any atom is 0.249 e. The van der Waals surface area contributed by atoms with E-state index in [0.29, 0.717) is 5.82 Å². The third-order valence-corrected chi connectivity index (χ3v) is 2.85. The fourth-order valence-electron chi connectivity index (χ4n) is 1.42. The van der Waals surface area contributed by atoms with Crippen LogP contribution in [0.1, 0.15) is 11.1 Å². The number of amides is 1. The SMILES string of the molecule is Cc1cn[nH]c1NC(=O)/C=C/c1cccc(Br)c1. The Kier molecular flexibility index (Phi) is 3.94. The van der Waals surface area contributed by atoms with Crippen LogP contribution < -0.4 is 5.32 Å². The monoisotopic (exact) mass is 305 g/mol. The van der Waals surface area contributed by atoms with Crippen molar-refractivity contribution in [1.29, 1.82) is 0 Å². The van der Waals surface area contributed by atoms with Crippen molar-refractivity contribution >= 4 is 33.7 Å². The second-order valence-corrected chi connectivity index (χ2v) is 4.72. The minimum atomic E-state index is -0.192. The van der Waals surface area contributed by atoms with Gasteiger partial charge >= 0.3 is 0 Å². The molecule has 0 atom stereocenters. The van der Waals surface area contributed by atoms with Gasteiger partial charge in [-0.1, -0.05) is 28.1 Å². The summed E-state index contributed by atoms with van der Waals surface area (Å²) in [4.78, 5) is 11.7. The average Bonchev–Trinajstić information content (AvgIpc) is 2.73. The van der Waals surface area contributed by atoms with Crippen molar-refractivity contribution in [1.82, 2.24) is 10.2 Å². The van der Waals surface area contributed by atoms with Crippen LogP contribution in [-0.2, 0) is 4.79 Å². The Morgan fingerprint density at radius 2 is 2.33 bits per heavy atom. The Labute approximate surface area is 113 Å². The van der Waals surface area contributed by atoms with Crippen LogP contribution in [0.5, 0.6) is 0 Å². The van der Waals surface area contributed by atoms with Crippen molar-refractivity contribution in [3.63, 3.8) is 0 Å². The highest BCUT2D eigenvalue weighted by Gasteiger charge is 2.02. The Hall–Kier alpha value is -1.88. The van der Waals surface area contributed by atoms with E-state index in [1.54, 1.807) is 12.3 Å². The van der Waals surface area contributed by atoms with Gasteiger partial charge in [-0.15, -0.1) is 0 Å². The first kappa shape index (κ1) is 12.6. The van der Waals surface area contributed by atoms with Gasteiger partial charge in [0, 0.05) is 16.1 Å². The maximum atomic E-state index is 11.7. The first-order valence-electron chi connectivity index (χ1n) is 5.40. The molecule has 0 aliphatic rings. The number of aromatic nitrogens is 2. The number of aryl methyl sites for hydroxylation is 1. The van der Waals surface area contributed by atoms with E-state index in [9.17, 15) is 4.79 Å². The Bertz CT molecular complexity index is 589. The summed E-state index contributed by atoms with van der Waals surface area (Å²) < 4.78 is 0.981. The molecule has 1 heterocycles. The molecule has 18 heavy (non-hydrogen) atoms. The smallest absolute Gasteiger partial charge is 0.249 e. The highest BCUT2D eigenvalue weighted by molar-refractivity contribution is 9.10. The first-order chi connectivity index (χ1) is 8.65. The van der Waals surface area contributed by atoms with Crippen LogP contribution >= 0.6 is 15.9 Å². The fraction of sp³-hybridized carbons (Fsp3) is 0.0769. The molecule has 1 amide bonds. The Morgan fingerprint density at radius 1 is 1.50 bits per heavy atom. The van der Waals surface area contributed by atoms with E-state index in [1.165, 1.54) is 6.08 Å². The lowest BCUT2D eigenvalue weighted by Gasteiger charge is -1.99. The van der Waals surface area contributed by atoms with Gasteiger partial charge in [-0.2, -0.15) is 5.10 Å². The summed E-state index contributed by atoms with van der Waals surface area (Å²) in [5.41, 5.74) is 1.86. The summed E-state index contributed by atoms with van der Waals surface area (Å²) in [5.74, 6) is 0.432. The van der Waals surface area contributed by atoms with Crippen molar-refractivity contribution in [2.24, 2.45) is 0 Å². The molecule has 0 aliphatic heterocycles. The third-order valence-electron chi connectivity index (χ3n) is 2.35. The molecule has 2 N–H and O–H groups in total. The Morgan fingerprint density at radius 3 is 3.00 bits per heavy atom. The molecular weight excluding hydrogens is 294 g/mol. The molecule has 1 aromatic carbocycles. The van der Waals surface area contributed by atoms with Crippen molar-refractivity contribution in [2.75, 3.05) is 5.32 Å². The highest BCUT2D eigenvalue weighted by Crippen LogP contribution is 2.13. The number of aromatic amines is 1. The topological polar surface area (TPSA) is 57.8 Å². The van der Waals surface area contributed by atoms with E-state index in [1.807, 2.05) is 31.2 Å². The van der Waals surface area contributed by atoms with Gasteiger partial charge in [-0.3, -0.25) is 9.89 Å². The van der Waals surface area contributed by atoms with Crippen molar-refractivity contribution in [3.05, 3.63) is 52.1 Å². The number of hydrogen-bond acceptors (Lipinski definition) is 2. The number of benzene rings is 1. The van der Waals surface area contributed by atoms with Crippen LogP contribution in [0.3, 0.4) is 0 Å². The zero-order valence-electron chi connectivity index (χ0n) is 9.77. The summed E-state index contributed by atoms with van der Waals surface area (Å²) in [7, 11) is 0. The number of carbonyl (C=O) groups is 1. The molecule has 1 aromatic heterocycles. The molecule has 0 radical (unpaired) electrons. The van der Waals surface area contributed by atoms with Crippen LogP contribution in [0.4, 0.5) is 5.82 Å². The lowest BCUT2D eigenvalue weighted by Crippen LogP contribution is -2.08. The number of rotatable bonds is 3. The highest BCUT2D eigenvalue weighted by atomic mass is 79.9. The third kappa shape index (κ3) is 3.30. The minimum absolute atomic E-state index is 0.192. The molecule has 0 aliphatic carbocycles. The molecule has 0 saturated carbocycles. The van der Waals surface area contributed by atoms with E-state index in [-0.39, 0.29) is 5.91 Å². The number of halogens is 1. The zero-order chi connectivity index (χ0) is 13.0. The van der Waals surface area contributed by atoms with Crippen LogP contribution in [-0.4, -0.2) is 16.1 Å². The van der Waals surface area contributed by atoms with E-state index in [0.717, 1.165) is 15.6 Å². The summed E-state index contributed by atoms with van der Waals surface area (Å²) >= 11 is 3.38. The number of hydrogen-bond donors (Lipinski definition) is 2. The average molecular weight is 306 g/mol. The lowest BCUT2D eigenvalue weighted by atomic mass is 10.2. The van der Waals surface area contributed by atoms with Gasteiger partial charge in [-0.25, -0.2) is 0 Å². The maximum absolute atomic E-state index is 11.7. The number of carbonyl (C=O) groups excluding carboxylic acids is 1. The van der Waals surface area contributed by atoms with Gasteiger partial charge in [-0.05, 0) is 30.7 Å². The van der Waals surface area contributed by atoms with Gasteiger partial charge in [0.25, 0.3) is 0 Å². The molecule has 5 heteroatoms. The predicted octanol–water partition coefficient (Wildman–Crippen LogP) is 3.13. The van der Waals surface area contributed by atoms with Crippen LogP contribution in [0, 0.1) is 6.92 Å². The van der Waals surface area contributed by atoms with E-state index < -0.39 is 0 Å². The van der Waals surface area contributed by atoms with Gasteiger partial charge in [0.1, 0.15) is 5.82 Å². The number of H-pyrrole nitrogens is 1. The van der Waals surface area contributed by atoms with Crippen molar-refractivity contribution < 1.29 is 4.79 Å². The molecule has 0 unspecified atom stereocenters. The number of anilines is 1. The van der Waals surface area contributed by atoms with Gasteiger partial charge in [0.2, 0.25) is 5.91 Å². The quantitative estimate of drug-likeness (QED) is 0.856. The molecule has 0 saturated heterocycles. The minimum Gasteiger partial charge on any atom is -0.307 e. The van der Waals surface area contributed by atoms with Crippen LogP contribution in [0.25, 0.3) is 6.08 Å².